The number of hydrogen-bond acceptors (Lipinski definition) is 3. The predicted octanol–water partition coefficient (Wildman–Crippen LogP) is 2.05. The number of aliphatic hydroxyl groups excluding tert-OH is 1. The van der Waals surface area contributed by atoms with E-state index in [9.17, 15) is 4.79 Å². The van der Waals surface area contributed by atoms with E-state index in [-0.39, 0.29) is 19.1 Å². The number of nitrogens with zero attached hydrogens (tertiary/aromatic N) is 1. The Morgan fingerprint density at radius 3 is 2.94 bits per heavy atom. The van der Waals surface area contributed by atoms with Gasteiger partial charge < -0.3 is 14.4 Å². The number of carbonyl (C=O) groups is 1. The molecule has 4 heteroatoms. The Hall–Kier alpha value is -2.07. The Kier molecular flexibility index (Phi) is 3.79. The molecule has 0 aliphatic carbocycles. The molecule has 0 radical (unpaired) electrons. The normalized spacial score (nSPS) is 10.5. The van der Waals surface area contributed by atoms with Crippen molar-refractivity contribution in [2.24, 2.45) is 0 Å². The van der Waals surface area contributed by atoms with Crippen molar-refractivity contribution in [2.45, 2.75) is 0 Å². The van der Waals surface area contributed by atoms with Crippen LogP contribution in [0.3, 0.4) is 0 Å². The molecule has 0 fully saturated rings. The van der Waals surface area contributed by atoms with Crippen molar-refractivity contribution in [3.8, 4) is 0 Å². The van der Waals surface area contributed by atoms with Crippen LogP contribution in [0.4, 0.5) is 0 Å². The van der Waals surface area contributed by atoms with E-state index in [0.717, 1.165) is 5.39 Å². The van der Waals surface area contributed by atoms with E-state index in [0.29, 0.717) is 17.7 Å². The number of para-hydroxylation sites is 1. The van der Waals surface area contributed by atoms with Crippen LogP contribution in [0, 0.1) is 0 Å². The van der Waals surface area contributed by atoms with Gasteiger partial charge >= 0.3 is 0 Å². The maximum Gasteiger partial charge on any atom is 0.258 e. The molecule has 1 N–H and O–H groups in total. The van der Waals surface area contributed by atoms with Crippen molar-refractivity contribution >= 4 is 16.9 Å². The molecule has 2 aromatic rings. The molecule has 0 atom stereocenters. The summed E-state index contributed by atoms with van der Waals surface area (Å²) in [6.45, 7) is 4.22. The number of carbonyl (C=O) groups excluding carboxylic acids is 1. The fourth-order valence-corrected chi connectivity index (χ4v) is 1.87. The summed E-state index contributed by atoms with van der Waals surface area (Å²) in [4.78, 5) is 13.8. The lowest BCUT2D eigenvalue weighted by Crippen LogP contribution is -2.33. The molecule has 2 rings (SSSR count). The second-order valence-electron chi connectivity index (χ2n) is 3.91. The third-order valence-corrected chi connectivity index (χ3v) is 2.72. The third kappa shape index (κ3) is 2.28. The van der Waals surface area contributed by atoms with Crippen LogP contribution in [-0.4, -0.2) is 35.6 Å². The van der Waals surface area contributed by atoms with Gasteiger partial charge in [-0.15, -0.1) is 6.58 Å². The van der Waals surface area contributed by atoms with Crippen LogP contribution in [0.15, 0.2) is 47.6 Å². The van der Waals surface area contributed by atoms with Crippen LogP contribution in [0.1, 0.15) is 10.4 Å². The van der Waals surface area contributed by atoms with Gasteiger partial charge in [0.05, 0.1) is 12.2 Å². The van der Waals surface area contributed by atoms with Gasteiger partial charge in [0, 0.05) is 18.5 Å². The molecule has 18 heavy (non-hydrogen) atoms. The zero-order valence-electron chi connectivity index (χ0n) is 10.0. The number of aliphatic hydroxyl groups is 1. The summed E-state index contributed by atoms with van der Waals surface area (Å²) in [7, 11) is 0. The van der Waals surface area contributed by atoms with Gasteiger partial charge in [-0.1, -0.05) is 24.3 Å². The Bertz CT molecular complexity index is 559. The highest BCUT2D eigenvalue weighted by atomic mass is 16.3. The lowest BCUT2D eigenvalue weighted by molar-refractivity contribution is 0.0744. The van der Waals surface area contributed by atoms with Crippen LogP contribution in [0.5, 0.6) is 0 Å². The van der Waals surface area contributed by atoms with Crippen molar-refractivity contribution in [1.82, 2.24) is 4.90 Å². The minimum atomic E-state index is -0.158. The fraction of sp³-hybridized carbons (Fsp3) is 0.214. The van der Waals surface area contributed by atoms with Crippen LogP contribution < -0.4 is 0 Å². The summed E-state index contributed by atoms with van der Waals surface area (Å²) in [6.07, 6.45) is 3.09. The monoisotopic (exact) mass is 245 g/mol. The van der Waals surface area contributed by atoms with E-state index in [1.807, 2.05) is 24.3 Å². The molecule has 0 aliphatic rings. The maximum absolute atomic E-state index is 12.3. The topological polar surface area (TPSA) is 53.7 Å². The standard InChI is InChI=1S/C14H15NO3/c1-2-7-15(8-9-16)14(17)12-10-18-13-6-4-3-5-11(12)13/h2-6,10,16H,1,7-9H2. The zero-order chi connectivity index (χ0) is 13.0. The highest BCUT2D eigenvalue weighted by molar-refractivity contribution is 6.05. The summed E-state index contributed by atoms with van der Waals surface area (Å²) < 4.78 is 5.34. The molecule has 94 valence electrons. The average Bonchev–Trinajstić information content (AvgIpc) is 2.81. The van der Waals surface area contributed by atoms with Crippen molar-refractivity contribution in [2.75, 3.05) is 19.7 Å². The minimum absolute atomic E-state index is 0.0740. The number of benzene rings is 1. The summed E-state index contributed by atoms with van der Waals surface area (Å²) in [5.74, 6) is -0.158. The number of furan rings is 1. The average molecular weight is 245 g/mol. The van der Waals surface area contributed by atoms with Crippen LogP contribution in [-0.2, 0) is 0 Å². The van der Waals surface area contributed by atoms with E-state index < -0.39 is 0 Å². The van der Waals surface area contributed by atoms with Crippen molar-refractivity contribution in [1.29, 1.82) is 0 Å². The van der Waals surface area contributed by atoms with Gasteiger partial charge in [-0.2, -0.15) is 0 Å². The summed E-state index contributed by atoms with van der Waals surface area (Å²) in [6, 6.07) is 7.38. The molecule has 4 nitrogen and oxygen atoms in total. The second-order valence-corrected chi connectivity index (χ2v) is 3.91. The molecule has 1 aromatic heterocycles. The smallest absolute Gasteiger partial charge is 0.258 e. The first-order chi connectivity index (χ1) is 8.77. The van der Waals surface area contributed by atoms with Gasteiger partial charge in [-0.25, -0.2) is 0 Å². The maximum atomic E-state index is 12.3. The Morgan fingerprint density at radius 1 is 1.44 bits per heavy atom. The van der Waals surface area contributed by atoms with Gasteiger partial charge in [0.1, 0.15) is 11.8 Å². The van der Waals surface area contributed by atoms with Crippen LogP contribution >= 0.6 is 0 Å². The quantitative estimate of drug-likeness (QED) is 0.820. The van der Waals surface area contributed by atoms with Gasteiger partial charge in [-0.05, 0) is 6.07 Å². The molecule has 1 heterocycles. The second kappa shape index (κ2) is 5.51. The molecule has 0 saturated carbocycles. The van der Waals surface area contributed by atoms with E-state index in [1.165, 1.54) is 11.2 Å². The van der Waals surface area contributed by atoms with Crippen molar-refractivity contribution < 1.29 is 14.3 Å². The van der Waals surface area contributed by atoms with Crippen LogP contribution in [0.2, 0.25) is 0 Å². The van der Waals surface area contributed by atoms with Crippen molar-refractivity contribution in [3.63, 3.8) is 0 Å². The summed E-state index contributed by atoms with van der Waals surface area (Å²) in [5.41, 5.74) is 1.20. The predicted molar refractivity (Wildman–Crippen MR) is 69.4 cm³/mol. The van der Waals surface area contributed by atoms with E-state index >= 15 is 0 Å². The Labute approximate surface area is 105 Å². The first-order valence-electron chi connectivity index (χ1n) is 5.75. The molecule has 1 amide bonds. The Balaban J connectivity index is 2.34. The SMILES string of the molecule is C=CCN(CCO)C(=O)c1coc2ccccc12. The van der Waals surface area contributed by atoms with Gasteiger partial charge in [0.15, 0.2) is 0 Å². The number of rotatable bonds is 5. The van der Waals surface area contributed by atoms with Crippen molar-refractivity contribution in [3.05, 3.63) is 48.7 Å². The van der Waals surface area contributed by atoms with E-state index in [2.05, 4.69) is 6.58 Å². The van der Waals surface area contributed by atoms with Gasteiger partial charge in [0.25, 0.3) is 5.91 Å². The lowest BCUT2D eigenvalue weighted by Gasteiger charge is -2.19. The number of amides is 1. The molecular weight excluding hydrogens is 230 g/mol. The summed E-state index contributed by atoms with van der Waals surface area (Å²) in [5, 5.41) is 9.76. The molecule has 0 aliphatic heterocycles. The molecule has 0 spiro atoms. The van der Waals surface area contributed by atoms with Gasteiger partial charge in [-0.3, -0.25) is 4.79 Å². The first kappa shape index (κ1) is 12.4. The zero-order valence-corrected chi connectivity index (χ0v) is 10.0. The fourth-order valence-electron chi connectivity index (χ4n) is 1.87. The third-order valence-electron chi connectivity index (χ3n) is 2.72. The minimum Gasteiger partial charge on any atom is -0.463 e. The molecular formula is C14H15NO3. The first-order valence-corrected chi connectivity index (χ1v) is 5.75. The highest BCUT2D eigenvalue weighted by Crippen LogP contribution is 2.21. The van der Waals surface area contributed by atoms with Gasteiger partial charge in [0.2, 0.25) is 0 Å². The number of fused-ring (bicyclic) bond motifs is 1. The molecule has 1 aromatic carbocycles. The lowest BCUT2D eigenvalue weighted by atomic mass is 10.1. The summed E-state index contributed by atoms with van der Waals surface area (Å²) >= 11 is 0. The molecule has 0 bridgehead atoms. The highest BCUT2D eigenvalue weighted by Gasteiger charge is 2.18. The molecule has 0 unspecified atom stereocenters. The van der Waals surface area contributed by atoms with E-state index in [1.54, 1.807) is 6.08 Å². The molecule has 0 saturated heterocycles. The Morgan fingerprint density at radius 2 is 2.22 bits per heavy atom. The number of hydrogen-bond donors (Lipinski definition) is 1. The van der Waals surface area contributed by atoms with E-state index in [4.69, 9.17) is 9.52 Å². The largest absolute Gasteiger partial charge is 0.463 e. The van der Waals surface area contributed by atoms with Crippen LogP contribution in [0.25, 0.3) is 11.0 Å².